The number of amidine groups is 1. The Bertz CT molecular complexity index is 674. The summed E-state index contributed by atoms with van der Waals surface area (Å²) in [6.07, 6.45) is 0. The standard InChI is InChI=1S/C14H16FN5O/c1-9-6-12(13(16)19-21)18-14(17-9)20(2)8-10-4-3-5-11(15)7-10/h3-7,21H,8H2,1-2H3,(H2,16,19). The summed E-state index contributed by atoms with van der Waals surface area (Å²) in [4.78, 5) is 10.3. The molecule has 0 aliphatic heterocycles. The molecule has 0 bridgehead atoms. The molecule has 0 aliphatic carbocycles. The van der Waals surface area contributed by atoms with Crippen molar-refractivity contribution in [3.8, 4) is 0 Å². The molecule has 7 heteroatoms. The molecule has 0 atom stereocenters. The second-order valence-corrected chi connectivity index (χ2v) is 4.67. The number of aryl methyl sites for hydroxylation is 1. The van der Waals surface area contributed by atoms with Crippen molar-refractivity contribution in [1.82, 2.24) is 9.97 Å². The van der Waals surface area contributed by atoms with Crippen molar-refractivity contribution in [2.75, 3.05) is 11.9 Å². The maximum atomic E-state index is 13.2. The van der Waals surface area contributed by atoms with Crippen LogP contribution in [-0.2, 0) is 6.54 Å². The minimum absolute atomic E-state index is 0.0825. The largest absolute Gasteiger partial charge is 0.409 e. The van der Waals surface area contributed by atoms with Crippen LogP contribution in [0.15, 0.2) is 35.5 Å². The Morgan fingerprint density at radius 1 is 1.38 bits per heavy atom. The lowest BCUT2D eigenvalue weighted by Gasteiger charge is -2.18. The summed E-state index contributed by atoms with van der Waals surface area (Å²) in [7, 11) is 1.79. The number of oxime groups is 1. The summed E-state index contributed by atoms with van der Waals surface area (Å²) in [5.41, 5.74) is 7.37. The second-order valence-electron chi connectivity index (χ2n) is 4.67. The molecular formula is C14H16FN5O. The van der Waals surface area contributed by atoms with Crippen LogP contribution in [0.2, 0.25) is 0 Å². The van der Waals surface area contributed by atoms with Gasteiger partial charge in [0.1, 0.15) is 11.5 Å². The molecule has 1 aromatic heterocycles. The predicted octanol–water partition coefficient (Wildman–Crippen LogP) is 1.66. The molecule has 0 saturated heterocycles. The fraction of sp³-hybridized carbons (Fsp3) is 0.214. The quantitative estimate of drug-likeness (QED) is 0.387. The van der Waals surface area contributed by atoms with Crippen LogP contribution in [0.1, 0.15) is 17.0 Å². The van der Waals surface area contributed by atoms with Crippen molar-refractivity contribution in [2.45, 2.75) is 13.5 Å². The molecule has 1 heterocycles. The molecule has 0 spiro atoms. The van der Waals surface area contributed by atoms with Gasteiger partial charge in [-0.3, -0.25) is 0 Å². The van der Waals surface area contributed by atoms with E-state index in [9.17, 15) is 4.39 Å². The number of hydrogen-bond donors (Lipinski definition) is 2. The average Bonchev–Trinajstić information content (AvgIpc) is 2.45. The third-order valence-corrected chi connectivity index (χ3v) is 2.86. The third kappa shape index (κ3) is 3.65. The van der Waals surface area contributed by atoms with Gasteiger partial charge in [-0.1, -0.05) is 17.3 Å². The average molecular weight is 289 g/mol. The first-order chi connectivity index (χ1) is 9.99. The van der Waals surface area contributed by atoms with E-state index in [2.05, 4.69) is 15.1 Å². The molecule has 3 N–H and O–H groups in total. The molecule has 0 fully saturated rings. The lowest BCUT2D eigenvalue weighted by molar-refractivity contribution is 0.318. The van der Waals surface area contributed by atoms with E-state index in [0.29, 0.717) is 23.9 Å². The van der Waals surface area contributed by atoms with Crippen molar-refractivity contribution in [3.05, 3.63) is 53.1 Å². The van der Waals surface area contributed by atoms with Crippen LogP contribution in [0.4, 0.5) is 10.3 Å². The second kappa shape index (κ2) is 6.17. The number of benzene rings is 1. The van der Waals surface area contributed by atoms with E-state index in [-0.39, 0.29) is 11.7 Å². The highest BCUT2D eigenvalue weighted by atomic mass is 19.1. The molecule has 0 radical (unpaired) electrons. The van der Waals surface area contributed by atoms with Gasteiger partial charge in [-0.05, 0) is 30.7 Å². The summed E-state index contributed by atoms with van der Waals surface area (Å²) in [6, 6.07) is 7.94. The van der Waals surface area contributed by atoms with Crippen molar-refractivity contribution in [3.63, 3.8) is 0 Å². The highest BCUT2D eigenvalue weighted by Crippen LogP contribution is 2.13. The first-order valence-electron chi connectivity index (χ1n) is 6.29. The zero-order chi connectivity index (χ0) is 15.4. The molecule has 21 heavy (non-hydrogen) atoms. The molecule has 110 valence electrons. The minimum atomic E-state index is -0.289. The molecular weight excluding hydrogens is 273 g/mol. The SMILES string of the molecule is Cc1cc(/C(N)=N/O)nc(N(C)Cc2cccc(F)c2)n1. The van der Waals surface area contributed by atoms with Crippen molar-refractivity contribution in [2.24, 2.45) is 10.9 Å². The number of halogens is 1. The summed E-state index contributed by atoms with van der Waals surface area (Å²) in [5.74, 6) is 0.0465. The van der Waals surface area contributed by atoms with E-state index in [4.69, 9.17) is 10.9 Å². The molecule has 0 aliphatic rings. The maximum absolute atomic E-state index is 13.2. The molecule has 0 unspecified atom stereocenters. The Kier molecular flexibility index (Phi) is 4.32. The summed E-state index contributed by atoms with van der Waals surface area (Å²) in [5, 5.41) is 11.7. The number of aromatic nitrogens is 2. The Hall–Kier alpha value is -2.70. The summed E-state index contributed by atoms with van der Waals surface area (Å²) >= 11 is 0. The van der Waals surface area contributed by atoms with Gasteiger partial charge in [-0.15, -0.1) is 0 Å². The van der Waals surface area contributed by atoms with Crippen molar-refractivity contribution < 1.29 is 9.60 Å². The van der Waals surface area contributed by atoms with Crippen LogP contribution in [0.25, 0.3) is 0 Å². The number of nitrogens with two attached hydrogens (primary N) is 1. The first-order valence-corrected chi connectivity index (χ1v) is 6.29. The van der Waals surface area contributed by atoms with Crippen LogP contribution >= 0.6 is 0 Å². The van der Waals surface area contributed by atoms with Gasteiger partial charge in [0, 0.05) is 19.3 Å². The normalized spacial score (nSPS) is 11.5. The predicted molar refractivity (Wildman–Crippen MR) is 77.8 cm³/mol. The number of rotatable bonds is 4. The van der Waals surface area contributed by atoms with Gasteiger partial charge in [-0.2, -0.15) is 0 Å². The van der Waals surface area contributed by atoms with Gasteiger partial charge in [0.25, 0.3) is 0 Å². The molecule has 0 saturated carbocycles. The molecule has 6 nitrogen and oxygen atoms in total. The highest BCUT2D eigenvalue weighted by Gasteiger charge is 2.10. The highest BCUT2D eigenvalue weighted by molar-refractivity contribution is 5.95. The van der Waals surface area contributed by atoms with Gasteiger partial charge in [0.2, 0.25) is 5.95 Å². The molecule has 0 amide bonds. The topological polar surface area (TPSA) is 87.6 Å². The van der Waals surface area contributed by atoms with E-state index in [1.54, 1.807) is 31.0 Å². The number of anilines is 1. The van der Waals surface area contributed by atoms with E-state index in [0.717, 1.165) is 5.56 Å². The Labute approximate surface area is 121 Å². The molecule has 2 aromatic rings. The van der Waals surface area contributed by atoms with Gasteiger partial charge in [0.05, 0.1) is 0 Å². The lowest BCUT2D eigenvalue weighted by Crippen LogP contribution is -2.23. The smallest absolute Gasteiger partial charge is 0.226 e. The van der Waals surface area contributed by atoms with Gasteiger partial charge in [-0.25, -0.2) is 14.4 Å². The summed E-state index contributed by atoms with van der Waals surface area (Å²) in [6.45, 7) is 2.23. The monoisotopic (exact) mass is 289 g/mol. The Morgan fingerprint density at radius 2 is 2.14 bits per heavy atom. The van der Waals surface area contributed by atoms with E-state index in [1.165, 1.54) is 12.1 Å². The zero-order valence-electron chi connectivity index (χ0n) is 11.8. The van der Waals surface area contributed by atoms with E-state index >= 15 is 0 Å². The Balaban J connectivity index is 2.26. The molecule has 2 rings (SSSR count). The fourth-order valence-corrected chi connectivity index (χ4v) is 1.89. The fourth-order valence-electron chi connectivity index (χ4n) is 1.89. The lowest BCUT2D eigenvalue weighted by atomic mass is 10.2. The maximum Gasteiger partial charge on any atom is 0.226 e. The van der Waals surface area contributed by atoms with Crippen LogP contribution in [-0.4, -0.2) is 28.1 Å². The molecule has 1 aromatic carbocycles. The van der Waals surface area contributed by atoms with Crippen LogP contribution < -0.4 is 10.6 Å². The van der Waals surface area contributed by atoms with Crippen LogP contribution in [0, 0.1) is 12.7 Å². The van der Waals surface area contributed by atoms with Crippen LogP contribution in [0.5, 0.6) is 0 Å². The van der Waals surface area contributed by atoms with Gasteiger partial charge in [0.15, 0.2) is 5.84 Å². The van der Waals surface area contributed by atoms with Gasteiger partial charge >= 0.3 is 0 Å². The zero-order valence-corrected chi connectivity index (χ0v) is 11.8. The summed E-state index contributed by atoms with van der Waals surface area (Å²) < 4.78 is 13.2. The van der Waals surface area contributed by atoms with Crippen molar-refractivity contribution in [1.29, 1.82) is 0 Å². The third-order valence-electron chi connectivity index (χ3n) is 2.86. The number of nitrogens with zero attached hydrogens (tertiary/aromatic N) is 4. The minimum Gasteiger partial charge on any atom is -0.409 e. The van der Waals surface area contributed by atoms with E-state index < -0.39 is 0 Å². The van der Waals surface area contributed by atoms with Crippen LogP contribution in [0.3, 0.4) is 0 Å². The van der Waals surface area contributed by atoms with E-state index in [1.807, 2.05) is 6.07 Å². The Morgan fingerprint density at radius 3 is 2.81 bits per heavy atom. The van der Waals surface area contributed by atoms with Gasteiger partial charge < -0.3 is 15.8 Å². The van der Waals surface area contributed by atoms with Crippen molar-refractivity contribution >= 4 is 11.8 Å². The number of hydrogen-bond acceptors (Lipinski definition) is 5. The first kappa shape index (κ1) is 14.7.